The lowest BCUT2D eigenvalue weighted by molar-refractivity contribution is -0.115. The first-order valence-corrected chi connectivity index (χ1v) is 9.38. The molecule has 0 saturated carbocycles. The molecule has 4 nitrogen and oxygen atoms in total. The standard InChI is InChI=1S/C19H13Cl2N3OS/c1-24-12(9-11-5-2-3-8-15(11)24)10-16-18(25)23-19(26-16)22-14-7-4-6-13(20)17(14)21/h2-10H,1H3,(H,22,23,25)/b16-10+. The minimum Gasteiger partial charge on any atom is -0.344 e. The molecular weight excluding hydrogens is 389 g/mol. The number of hydrogen-bond donors (Lipinski definition) is 1. The van der Waals surface area contributed by atoms with Gasteiger partial charge in [0, 0.05) is 23.6 Å². The molecule has 7 heteroatoms. The van der Waals surface area contributed by atoms with Crippen LogP contribution in [-0.4, -0.2) is 15.6 Å². The monoisotopic (exact) mass is 401 g/mol. The maximum atomic E-state index is 12.3. The minimum atomic E-state index is -0.183. The van der Waals surface area contributed by atoms with Gasteiger partial charge in [0.1, 0.15) is 0 Å². The topological polar surface area (TPSA) is 46.4 Å². The lowest BCUT2D eigenvalue weighted by Gasteiger charge is -2.01. The number of nitrogens with one attached hydrogen (secondary N) is 1. The van der Waals surface area contributed by atoms with Gasteiger partial charge in [-0.25, -0.2) is 4.99 Å². The number of thioether (sulfide) groups is 1. The van der Waals surface area contributed by atoms with Gasteiger partial charge in [-0.15, -0.1) is 0 Å². The summed E-state index contributed by atoms with van der Waals surface area (Å²) in [6.07, 6.45) is 1.86. The summed E-state index contributed by atoms with van der Waals surface area (Å²) in [4.78, 5) is 17.3. The predicted octanol–water partition coefficient (Wildman–Crippen LogP) is 5.38. The van der Waals surface area contributed by atoms with Gasteiger partial charge in [-0.3, -0.25) is 4.79 Å². The smallest absolute Gasteiger partial charge is 0.264 e. The van der Waals surface area contributed by atoms with Crippen molar-refractivity contribution in [2.24, 2.45) is 12.0 Å². The molecule has 4 rings (SSSR count). The maximum Gasteiger partial charge on any atom is 0.264 e. The number of amides is 1. The first-order valence-electron chi connectivity index (χ1n) is 7.81. The lowest BCUT2D eigenvalue weighted by atomic mass is 10.2. The van der Waals surface area contributed by atoms with E-state index in [0.29, 0.717) is 25.8 Å². The van der Waals surface area contributed by atoms with E-state index in [1.807, 2.05) is 37.4 Å². The molecule has 1 amide bonds. The molecule has 1 fully saturated rings. The van der Waals surface area contributed by atoms with E-state index in [0.717, 1.165) is 16.6 Å². The molecule has 1 N–H and O–H groups in total. The van der Waals surface area contributed by atoms with E-state index < -0.39 is 0 Å². The summed E-state index contributed by atoms with van der Waals surface area (Å²) < 4.78 is 2.05. The number of rotatable bonds is 2. The highest BCUT2D eigenvalue weighted by Crippen LogP contribution is 2.34. The average molecular weight is 402 g/mol. The lowest BCUT2D eigenvalue weighted by Crippen LogP contribution is -2.19. The second kappa shape index (κ2) is 6.83. The van der Waals surface area contributed by atoms with Gasteiger partial charge in [-0.1, -0.05) is 47.5 Å². The number of carbonyl (C=O) groups is 1. The number of aryl methyl sites for hydroxylation is 1. The molecule has 26 heavy (non-hydrogen) atoms. The minimum absolute atomic E-state index is 0.183. The molecule has 0 unspecified atom stereocenters. The SMILES string of the molecule is Cn1c(/C=C2/SC(=Nc3cccc(Cl)c3Cl)NC2=O)cc2ccccc21. The van der Waals surface area contributed by atoms with Gasteiger partial charge in [-0.05, 0) is 42.1 Å². The summed E-state index contributed by atoms with van der Waals surface area (Å²) >= 11 is 13.4. The van der Waals surface area contributed by atoms with Gasteiger partial charge in [-0.2, -0.15) is 0 Å². The third kappa shape index (κ3) is 3.14. The largest absolute Gasteiger partial charge is 0.344 e. The van der Waals surface area contributed by atoms with E-state index in [4.69, 9.17) is 23.2 Å². The fourth-order valence-corrected chi connectivity index (χ4v) is 3.91. The van der Waals surface area contributed by atoms with Crippen molar-refractivity contribution in [2.75, 3.05) is 0 Å². The number of hydrogen-bond acceptors (Lipinski definition) is 3. The molecule has 1 aliphatic heterocycles. The summed E-state index contributed by atoms with van der Waals surface area (Å²) in [6.45, 7) is 0. The molecular formula is C19H13Cl2N3OS. The molecule has 0 spiro atoms. The summed E-state index contributed by atoms with van der Waals surface area (Å²) in [6, 6.07) is 15.4. The van der Waals surface area contributed by atoms with Crippen molar-refractivity contribution in [3.05, 3.63) is 69.2 Å². The Kier molecular flexibility index (Phi) is 4.53. The Morgan fingerprint density at radius 2 is 1.96 bits per heavy atom. The zero-order valence-corrected chi connectivity index (χ0v) is 16.0. The fourth-order valence-electron chi connectivity index (χ4n) is 2.75. The summed E-state index contributed by atoms with van der Waals surface area (Å²) in [5, 5.41) is 5.16. The number of fused-ring (bicyclic) bond motifs is 1. The van der Waals surface area contributed by atoms with Crippen LogP contribution in [0.2, 0.25) is 10.0 Å². The zero-order valence-electron chi connectivity index (χ0n) is 13.7. The summed E-state index contributed by atoms with van der Waals surface area (Å²) in [7, 11) is 1.98. The van der Waals surface area contributed by atoms with Crippen LogP contribution in [0.3, 0.4) is 0 Å². The zero-order chi connectivity index (χ0) is 18.3. The van der Waals surface area contributed by atoms with Gasteiger partial charge in [0.25, 0.3) is 5.91 Å². The van der Waals surface area contributed by atoms with Crippen LogP contribution >= 0.6 is 35.0 Å². The Morgan fingerprint density at radius 3 is 2.77 bits per heavy atom. The third-order valence-electron chi connectivity index (χ3n) is 4.07. The quantitative estimate of drug-likeness (QED) is 0.586. The Morgan fingerprint density at radius 1 is 1.15 bits per heavy atom. The highest BCUT2D eigenvalue weighted by molar-refractivity contribution is 8.18. The predicted molar refractivity (Wildman–Crippen MR) is 110 cm³/mol. The van der Waals surface area contributed by atoms with Crippen LogP contribution in [0.5, 0.6) is 0 Å². The number of aliphatic imine (C=N–C) groups is 1. The van der Waals surface area contributed by atoms with Gasteiger partial charge < -0.3 is 9.88 Å². The molecule has 2 aromatic carbocycles. The molecule has 0 bridgehead atoms. The van der Waals surface area contributed by atoms with E-state index in [1.165, 1.54) is 11.8 Å². The van der Waals surface area contributed by atoms with Crippen molar-refractivity contribution < 1.29 is 4.79 Å². The molecule has 2 heterocycles. The van der Waals surface area contributed by atoms with Crippen LogP contribution in [0.15, 0.2) is 58.4 Å². The Hall–Kier alpha value is -2.21. The average Bonchev–Trinajstić information content (AvgIpc) is 3.13. The summed E-state index contributed by atoms with van der Waals surface area (Å²) in [5.74, 6) is -0.183. The molecule has 1 aromatic heterocycles. The van der Waals surface area contributed by atoms with Crippen LogP contribution < -0.4 is 5.32 Å². The first kappa shape index (κ1) is 17.2. The van der Waals surface area contributed by atoms with Crippen molar-refractivity contribution in [2.45, 2.75) is 0 Å². The second-order valence-corrected chi connectivity index (χ2v) is 7.56. The number of para-hydroxylation sites is 1. The highest BCUT2D eigenvalue weighted by Gasteiger charge is 2.24. The van der Waals surface area contributed by atoms with E-state index >= 15 is 0 Å². The van der Waals surface area contributed by atoms with Crippen LogP contribution in [0.25, 0.3) is 17.0 Å². The molecule has 130 valence electrons. The van der Waals surface area contributed by atoms with Crippen molar-refractivity contribution >= 4 is 68.7 Å². The van der Waals surface area contributed by atoms with Crippen molar-refractivity contribution in [3.8, 4) is 0 Å². The van der Waals surface area contributed by atoms with Gasteiger partial charge in [0.2, 0.25) is 0 Å². The Labute approximate surface area is 164 Å². The number of carbonyl (C=O) groups excluding carboxylic acids is 1. The highest BCUT2D eigenvalue weighted by atomic mass is 35.5. The third-order valence-corrected chi connectivity index (χ3v) is 5.79. The number of nitrogens with zero attached hydrogens (tertiary/aromatic N) is 2. The molecule has 1 aliphatic rings. The molecule has 1 saturated heterocycles. The molecule has 0 atom stereocenters. The van der Waals surface area contributed by atoms with Crippen molar-refractivity contribution in [1.29, 1.82) is 0 Å². The Bertz CT molecular complexity index is 1100. The number of halogens is 2. The molecule has 0 radical (unpaired) electrons. The summed E-state index contributed by atoms with van der Waals surface area (Å²) in [5.41, 5.74) is 2.58. The number of aromatic nitrogens is 1. The maximum absolute atomic E-state index is 12.3. The van der Waals surface area contributed by atoms with Crippen LogP contribution in [0, 0.1) is 0 Å². The van der Waals surface area contributed by atoms with E-state index in [2.05, 4.69) is 20.9 Å². The first-order chi connectivity index (χ1) is 12.5. The number of amidine groups is 1. The van der Waals surface area contributed by atoms with Crippen molar-refractivity contribution in [3.63, 3.8) is 0 Å². The molecule has 0 aliphatic carbocycles. The van der Waals surface area contributed by atoms with E-state index in [1.54, 1.807) is 18.2 Å². The van der Waals surface area contributed by atoms with E-state index in [-0.39, 0.29) is 5.91 Å². The Balaban J connectivity index is 1.67. The second-order valence-electron chi connectivity index (χ2n) is 5.74. The van der Waals surface area contributed by atoms with Gasteiger partial charge in [0.15, 0.2) is 5.17 Å². The molecule has 3 aromatic rings. The number of benzene rings is 2. The van der Waals surface area contributed by atoms with Crippen LogP contribution in [0.1, 0.15) is 5.69 Å². The fraction of sp³-hybridized carbons (Fsp3) is 0.0526. The van der Waals surface area contributed by atoms with Crippen LogP contribution in [-0.2, 0) is 11.8 Å². The van der Waals surface area contributed by atoms with Crippen molar-refractivity contribution in [1.82, 2.24) is 9.88 Å². The normalized spacial score (nSPS) is 17.4. The van der Waals surface area contributed by atoms with Crippen LogP contribution in [0.4, 0.5) is 5.69 Å². The van der Waals surface area contributed by atoms with E-state index in [9.17, 15) is 4.79 Å². The van der Waals surface area contributed by atoms with Gasteiger partial charge >= 0.3 is 0 Å². The van der Waals surface area contributed by atoms with Gasteiger partial charge in [0.05, 0.1) is 20.6 Å².